The fourth-order valence-electron chi connectivity index (χ4n) is 1.31. The van der Waals surface area contributed by atoms with Gasteiger partial charge < -0.3 is 5.11 Å². The van der Waals surface area contributed by atoms with Crippen LogP contribution in [0.15, 0.2) is 52.0 Å². The van der Waals surface area contributed by atoms with Gasteiger partial charge in [-0.25, -0.2) is 4.39 Å². The molecule has 0 radical (unpaired) electrons. The van der Waals surface area contributed by atoms with Gasteiger partial charge in [-0.15, -0.1) is 0 Å². The smallest absolute Gasteiger partial charge is 0.129 e. The maximum Gasteiger partial charge on any atom is 0.129 e. The van der Waals surface area contributed by atoms with Crippen LogP contribution in [-0.2, 0) is 0 Å². The summed E-state index contributed by atoms with van der Waals surface area (Å²) in [4.78, 5) is 0. The summed E-state index contributed by atoms with van der Waals surface area (Å²) in [7, 11) is 0. The van der Waals surface area contributed by atoms with Crippen molar-refractivity contribution in [3.63, 3.8) is 0 Å². The number of halogens is 2. The molecule has 5 heteroatoms. The van der Waals surface area contributed by atoms with Crippen LogP contribution in [0.5, 0.6) is 5.75 Å². The molecule has 0 saturated carbocycles. The molecule has 2 N–H and O–H groups in total. The first-order valence-electron chi connectivity index (χ1n) is 5.18. The van der Waals surface area contributed by atoms with Gasteiger partial charge in [0, 0.05) is 0 Å². The number of phenols is 1. The Labute approximate surface area is 112 Å². The second-order valence-corrected chi connectivity index (χ2v) is 4.44. The highest BCUT2D eigenvalue weighted by Crippen LogP contribution is 2.23. The van der Waals surface area contributed by atoms with Gasteiger partial charge in [0.1, 0.15) is 11.6 Å². The summed E-state index contributed by atoms with van der Waals surface area (Å²) in [6.07, 6.45) is 1.60. The van der Waals surface area contributed by atoms with E-state index >= 15 is 0 Å². The maximum atomic E-state index is 12.7. The highest BCUT2D eigenvalue weighted by Gasteiger charge is 1.97. The number of anilines is 1. The van der Waals surface area contributed by atoms with Crippen molar-refractivity contribution >= 4 is 27.8 Å². The van der Waals surface area contributed by atoms with E-state index in [-0.39, 0.29) is 11.6 Å². The molecule has 3 nitrogen and oxygen atoms in total. The van der Waals surface area contributed by atoms with Gasteiger partial charge in [0.2, 0.25) is 0 Å². The summed E-state index contributed by atoms with van der Waals surface area (Å²) in [5, 5.41) is 13.3. The van der Waals surface area contributed by atoms with Crippen molar-refractivity contribution in [2.24, 2.45) is 5.10 Å². The van der Waals surface area contributed by atoms with Gasteiger partial charge >= 0.3 is 0 Å². The molecule has 92 valence electrons. The minimum atomic E-state index is -0.285. The van der Waals surface area contributed by atoms with Crippen molar-refractivity contribution in [2.45, 2.75) is 0 Å². The van der Waals surface area contributed by atoms with Crippen LogP contribution in [0.2, 0.25) is 0 Å². The normalized spacial score (nSPS) is 10.8. The third-order valence-corrected chi connectivity index (χ3v) is 2.86. The summed E-state index contributed by atoms with van der Waals surface area (Å²) in [6.45, 7) is 0. The number of rotatable bonds is 3. The molecule has 0 amide bonds. The SMILES string of the molecule is Oc1ccc(C=NNc2ccc(F)cc2)cc1Br. The summed E-state index contributed by atoms with van der Waals surface area (Å²) in [5.41, 5.74) is 4.31. The first-order chi connectivity index (χ1) is 8.65. The van der Waals surface area contributed by atoms with E-state index in [0.717, 1.165) is 5.56 Å². The molecule has 0 spiro atoms. The molecule has 0 fully saturated rings. The topological polar surface area (TPSA) is 44.6 Å². The predicted octanol–water partition coefficient (Wildman–Crippen LogP) is 3.74. The maximum absolute atomic E-state index is 12.7. The van der Waals surface area contributed by atoms with E-state index in [0.29, 0.717) is 10.2 Å². The number of nitrogens with zero attached hydrogens (tertiary/aromatic N) is 1. The van der Waals surface area contributed by atoms with Crippen molar-refractivity contribution < 1.29 is 9.50 Å². The molecule has 2 aromatic rings. The Balaban J connectivity index is 2.02. The molecule has 18 heavy (non-hydrogen) atoms. The third kappa shape index (κ3) is 3.30. The van der Waals surface area contributed by atoms with Crippen molar-refractivity contribution in [1.29, 1.82) is 0 Å². The lowest BCUT2D eigenvalue weighted by atomic mass is 10.2. The van der Waals surface area contributed by atoms with Crippen LogP contribution < -0.4 is 5.43 Å². The summed E-state index contributed by atoms with van der Waals surface area (Å²) in [6, 6.07) is 11.0. The molecule has 0 saturated heterocycles. The molecule has 0 unspecified atom stereocenters. The molecular weight excluding hydrogens is 299 g/mol. The standard InChI is InChI=1S/C13H10BrFN2O/c14-12-7-9(1-6-13(12)18)8-16-17-11-4-2-10(15)3-5-11/h1-8,17-18H. The fourth-order valence-corrected chi connectivity index (χ4v) is 1.71. The number of benzene rings is 2. The van der Waals surface area contributed by atoms with Gasteiger partial charge in [-0.2, -0.15) is 5.10 Å². The summed E-state index contributed by atoms with van der Waals surface area (Å²) in [5.74, 6) is -0.106. The van der Waals surface area contributed by atoms with Crippen LogP contribution in [-0.4, -0.2) is 11.3 Å². The van der Waals surface area contributed by atoms with E-state index < -0.39 is 0 Å². The second kappa shape index (κ2) is 5.64. The van der Waals surface area contributed by atoms with Crippen LogP contribution >= 0.6 is 15.9 Å². The van der Waals surface area contributed by atoms with Crippen molar-refractivity contribution in [3.8, 4) is 5.75 Å². The van der Waals surface area contributed by atoms with E-state index in [1.54, 1.807) is 36.5 Å². The zero-order valence-electron chi connectivity index (χ0n) is 9.27. The van der Waals surface area contributed by atoms with E-state index in [2.05, 4.69) is 26.5 Å². The Morgan fingerprint density at radius 1 is 1.17 bits per heavy atom. The van der Waals surface area contributed by atoms with E-state index in [9.17, 15) is 9.50 Å². The van der Waals surface area contributed by atoms with E-state index in [1.165, 1.54) is 12.1 Å². The lowest BCUT2D eigenvalue weighted by Gasteiger charge is -2.00. The lowest BCUT2D eigenvalue weighted by molar-refractivity contribution is 0.472. The zero-order valence-corrected chi connectivity index (χ0v) is 10.9. The molecule has 0 aromatic heterocycles. The van der Waals surface area contributed by atoms with Crippen LogP contribution in [0.4, 0.5) is 10.1 Å². The molecular formula is C13H10BrFN2O. The van der Waals surface area contributed by atoms with Gasteiger partial charge in [0.15, 0.2) is 0 Å². The molecule has 0 atom stereocenters. The monoisotopic (exact) mass is 308 g/mol. The van der Waals surface area contributed by atoms with Crippen LogP contribution in [0.3, 0.4) is 0 Å². The fraction of sp³-hybridized carbons (Fsp3) is 0. The van der Waals surface area contributed by atoms with Gasteiger partial charge in [-0.05, 0) is 64.0 Å². The van der Waals surface area contributed by atoms with Gasteiger partial charge in [-0.3, -0.25) is 5.43 Å². The van der Waals surface area contributed by atoms with E-state index in [1.807, 2.05) is 0 Å². The highest BCUT2D eigenvalue weighted by molar-refractivity contribution is 9.10. The molecule has 2 aromatic carbocycles. The Hall–Kier alpha value is -1.88. The van der Waals surface area contributed by atoms with Crippen LogP contribution in [0.1, 0.15) is 5.56 Å². The first kappa shape index (κ1) is 12.6. The Morgan fingerprint density at radius 2 is 1.89 bits per heavy atom. The van der Waals surface area contributed by atoms with Gasteiger partial charge in [0.25, 0.3) is 0 Å². The predicted molar refractivity (Wildman–Crippen MR) is 73.4 cm³/mol. The summed E-state index contributed by atoms with van der Waals surface area (Å²) < 4.78 is 13.3. The number of nitrogens with one attached hydrogen (secondary N) is 1. The average Bonchev–Trinajstić information content (AvgIpc) is 2.36. The first-order valence-corrected chi connectivity index (χ1v) is 5.97. The molecule has 0 aliphatic carbocycles. The minimum absolute atomic E-state index is 0.179. The number of hydrogen-bond donors (Lipinski definition) is 2. The molecule has 0 bridgehead atoms. The molecule has 0 heterocycles. The Bertz CT molecular complexity index is 570. The molecule has 2 rings (SSSR count). The van der Waals surface area contributed by atoms with Crippen molar-refractivity contribution in [2.75, 3.05) is 5.43 Å². The Morgan fingerprint density at radius 3 is 2.56 bits per heavy atom. The van der Waals surface area contributed by atoms with Crippen LogP contribution in [0.25, 0.3) is 0 Å². The number of hydrogen-bond acceptors (Lipinski definition) is 3. The van der Waals surface area contributed by atoms with Crippen molar-refractivity contribution in [1.82, 2.24) is 0 Å². The quantitative estimate of drug-likeness (QED) is 0.670. The minimum Gasteiger partial charge on any atom is -0.507 e. The van der Waals surface area contributed by atoms with Gasteiger partial charge in [-0.1, -0.05) is 0 Å². The Kier molecular flexibility index (Phi) is 3.94. The third-order valence-electron chi connectivity index (χ3n) is 2.22. The lowest BCUT2D eigenvalue weighted by Crippen LogP contribution is -1.90. The number of hydrazone groups is 1. The number of phenolic OH excluding ortho intramolecular Hbond substituents is 1. The molecule has 0 aliphatic rings. The zero-order chi connectivity index (χ0) is 13.0. The number of aromatic hydroxyl groups is 1. The molecule has 0 aliphatic heterocycles. The highest BCUT2D eigenvalue weighted by atomic mass is 79.9. The van der Waals surface area contributed by atoms with Crippen molar-refractivity contribution in [3.05, 3.63) is 58.3 Å². The van der Waals surface area contributed by atoms with E-state index in [4.69, 9.17) is 0 Å². The summed E-state index contributed by atoms with van der Waals surface area (Å²) >= 11 is 3.22. The van der Waals surface area contributed by atoms with Gasteiger partial charge in [0.05, 0.1) is 16.4 Å². The largest absolute Gasteiger partial charge is 0.507 e. The van der Waals surface area contributed by atoms with Crippen LogP contribution in [0, 0.1) is 5.82 Å². The second-order valence-electron chi connectivity index (χ2n) is 3.59. The average molecular weight is 309 g/mol.